The molecule has 2 amide bonds. The number of piperazine rings is 1. The number of rotatable bonds is 9. The van der Waals surface area contributed by atoms with Crippen molar-refractivity contribution in [1.82, 2.24) is 9.21 Å². The van der Waals surface area contributed by atoms with Gasteiger partial charge in [-0.05, 0) is 48.5 Å². The lowest BCUT2D eigenvalue weighted by molar-refractivity contribution is -0.118. The van der Waals surface area contributed by atoms with Crippen LogP contribution in [0.4, 0.5) is 5.69 Å². The van der Waals surface area contributed by atoms with E-state index >= 15 is 0 Å². The van der Waals surface area contributed by atoms with Crippen LogP contribution in [0.15, 0.2) is 53.4 Å². The zero-order chi connectivity index (χ0) is 23.1. The van der Waals surface area contributed by atoms with E-state index in [0.717, 1.165) is 25.2 Å². The fourth-order valence-electron chi connectivity index (χ4n) is 3.40. The third kappa shape index (κ3) is 6.28. The van der Waals surface area contributed by atoms with Crippen LogP contribution in [0.2, 0.25) is 0 Å². The first-order chi connectivity index (χ1) is 15.3. The van der Waals surface area contributed by atoms with Crippen molar-refractivity contribution in [1.29, 1.82) is 0 Å². The first kappa shape index (κ1) is 23.7. The Bertz CT molecular complexity index is 1030. The van der Waals surface area contributed by atoms with E-state index in [-0.39, 0.29) is 23.8 Å². The van der Waals surface area contributed by atoms with Crippen LogP contribution in [-0.2, 0) is 26.0 Å². The molecule has 172 valence electrons. The van der Waals surface area contributed by atoms with Gasteiger partial charge in [-0.3, -0.25) is 9.59 Å². The van der Waals surface area contributed by atoms with Crippen LogP contribution >= 0.6 is 0 Å². The molecule has 3 rings (SSSR count). The van der Waals surface area contributed by atoms with Crippen molar-refractivity contribution in [2.24, 2.45) is 5.73 Å². The van der Waals surface area contributed by atoms with E-state index in [0.29, 0.717) is 24.5 Å². The van der Waals surface area contributed by atoms with Crippen molar-refractivity contribution >= 4 is 27.5 Å². The molecule has 1 aliphatic heterocycles. The minimum absolute atomic E-state index is 0.140. The lowest BCUT2D eigenvalue weighted by Crippen LogP contribution is -2.48. The van der Waals surface area contributed by atoms with Gasteiger partial charge >= 0.3 is 0 Å². The van der Waals surface area contributed by atoms with Crippen molar-refractivity contribution < 1.29 is 22.7 Å². The largest absolute Gasteiger partial charge is 0.484 e. The highest BCUT2D eigenvalue weighted by molar-refractivity contribution is 7.89. The number of likely N-dealkylation sites (N-methyl/N-ethyl adjacent to an activating group) is 1. The van der Waals surface area contributed by atoms with Gasteiger partial charge in [-0.25, -0.2) is 8.42 Å². The molecular weight excluding hydrogens is 432 g/mol. The summed E-state index contributed by atoms with van der Waals surface area (Å²) < 4.78 is 32.6. The molecule has 0 atom stereocenters. The molecule has 0 saturated carbocycles. The lowest BCUT2D eigenvalue weighted by Gasteiger charge is -2.33. The predicted molar refractivity (Wildman–Crippen MR) is 121 cm³/mol. The summed E-state index contributed by atoms with van der Waals surface area (Å²) in [6.45, 7) is 5.13. The average Bonchev–Trinajstić information content (AvgIpc) is 2.78. The van der Waals surface area contributed by atoms with E-state index in [9.17, 15) is 18.0 Å². The molecule has 9 nitrogen and oxygen atoms in total. The number of hydrogen-bond donors (Lipinski definition) is 2. The predicted octanol–water partition coefficient (Wildman–Crippen LogP) is 1.06. The van der Waals surface area contributed by atoms with Gasteiger partial charge in [-0.1, -0.05) is 19.1 Å². The van der Waals surface area contributed by atoms with Crippen LogP contribution in [0.3, 0.4) is 0 Å². The summed E-state index contributed by atoms with van der Waals surface area (Å²) in [4.78, 5) is 25.5. The molecule has 1 fully saturated rings. The Morgan fingerprint density at radius 3 is 2.19 bits per heavy atom. The Labute approximate surface area is 188 Å². The maximum Gasteiger partial charge on any atom is 0.262 e. The van der Waals surface area contributed by atoms with E-state index in [4.69, 9.17) is 10.5 Å². The Kier molecular flexibility index (Phi) is 7.84. The number of nitrogens with zero attached hydrogens (tertiary/aromatic N) is 2. The van der Waals surface area contributed by atoms with E-state index in [2.05, 4.69) is 17.1 Å². The topological polar surface area (TPSA) is 122 Å². The molecule has 0 aliphatic carbocycles. The highest BCUT2D eigenvalue weighted by atomic mass is 32.2. The second-order valence-electron chi connectivity index (χ2n) is 7.49. The zero-order valence-electron chi connectivity index (χ0n) is 18.0. The number of carbonyl (C=O) groups is 2. The number of sulfonamides is 1. The number of nitrogens with two attached hydrogens (primary N) is 1. The number of benzene rings is 2. The summed E-state index contributed by atoms with van der Waals surface area (Å²) >= 11 is 0. The number of primary amides is 1. The molecule has 3 N–H and O–H groups in total. The Balaban J connectivity index is 1.51. The van der Waals surface area contributed by atoms with Crippen LogP contribution < -0.4 is 15.8 Å². The summed E-state index contributed by atoms with van der Waals surface area (Å²) in [7, 11) is -3.56. The quantitative estimate of drug-likeness (QED) is 0.577. The highest BCUT2D eigenvalue weighted by Crippen LogP contribution is 2.20. The fraction of sp³-hybridized carbons (Fsp3) is 0.364. The molecule has 2 aromatic rings. The molecule has 0 radical (unpaired) electrons. The van der Waals surface area contributed by atoms with Gasteiger partial charge in [0.25, 0.3) is 5.91 Å². The molecule has 0 spiro atoms. The van der Waals surface area contributed by atoms with Crippen molar-refractivity contribution in [3.63, 3.8) is 0 Å². The number of nitrogens with one attached hydrogen (secondary N) is 1. The molecule has 1 saturated heterocycles. The second-order valence-corrected chi connectivity index (χ2v) is 9.42. The molecule has 32 heavy (non-hydrogen) atoms. The number of amides is 2. The Morgan fingerprint density at radius 1 is 1.00 bits per heavy atom. The van der Waals surface area contributed by atoms with Gasteiger partial charge in [-0.15, -0.1) is 0 Å². The first-order valence-corrected chi connectivity index (χ1v) is 11.8. The van der Waals surface area contributed by atoms with Gasteiger partial charge < -0.3 is 20.7 Å². The van der Waals surface area contributed by atoms with E-state index in [1.165, 1.54) is 16.4 Å². The summed E-state index contributed by atoms with van der Waals surface area (Å²) in [5, 5.41) is 2.68. The summed E-state index contributed by atoms with van der Waals surface area (Å²) in [6, 6.07) is 12.8. The molecule has 0 bridgehead atoms. The average molecular weight is 461 g/mol. The van der Waals surface area contributed by atoms with Crippen LogP contribution in [0.5, 0.6) is 5.75 Å². The number of hydrogen-bond acceptors (Lipinski definition) is 6. The van der Waals surface area contributed by atoms with Crippen LogP contribution in [0, 0.1) is 0 Å². The van der Waals surface area contributed by atoms with Crippen LogP contribution in [-0.4, -0.2) is 68.8 Å². The van der Waals surface area contributed by atoms with Gasteiger partial charge in [0.05, 0.1) is 11.3 Å². The SMILES string of the molecule is CCN1CCN(S(=O)(=O)c2ccc(NC(=O)COc3ccc(CC(N)=O)cc3)cc2)CC1. The Hall–Kier alpha value is -2.95. The smallest absolute Gasteiger partial charge is 0.262 e. The molecule has 1 aliphatic rings. The normalized spacial score (nSPS) is 15.3. The number of ether oxygens (including phenoxy) is 1. The third-order valence-electron chi connectivity index (χ3n) is 5.23. The maximum absolute atomic E-state index is 12.8. The number of anilines is 1. The minimum Gasteiger partial charge on any atom is -0.484 e. The fourth-order valence-corrected chi connectivity index (χ4v) is 4.82. The van der Waals surface area contributed by atoms with Gasteiger partial charge in [0, 0.05) is 31.9 Å². The summed E-state index contributed by atoms with van der Waals surface area (Å²) in [5.41, 5.74) is 6.39. The summed E-state index contributed by atoms with van der Waals surface area (Å²) in [5.74, 6) is -0.313. The second kappa shape index (κ2) is 10.6. The van der Waals surface area contributed by atoms with E-state index in [1.54, 1.807) is 36.4 Å². The first-order valence-electron chi connectivity index (χ1n) is 10.4. The van der Waals surface area contributed by atoms with Gasteiger partial charge in [-0.2, -0.15) is 4.31 Å². The molecule has 0 unspecified atom stereocenters. The van der Waals surface area contributed by atoms with Gasteiger partial charge in [0.1, 0.15) is 5.75 Å². The molecule has 10 heteroatoms. The maximum atomic E-state index is 12.8. The molecular formula is C22H28N4O5S. The van der Waals surface area contributed by atoms with Crippen LogP contribution in [0.1, 0.15) is 12.5 Å². The van der Waals surface area contributed by atoms with Crippen molar-refractivity contribution in [2.45, 2.75) is 18.2 Å². The highest BCUT2D eigenvalue weighted by Gasteiger charge is 2.27. The number of carbonyl (C=O) groups excluding carboxylic acids is 2. The van der Waals surface area contributed by atoms with Gasteiger partial charge in [0.2, 0.25) is 15.9 Å². The monoisotopic (exact) mass is 460 g/mol. The summed E-state index contributed by atoms with van der Waals surface area (Å²) in [6.07, 6.45) is 0.140. The molecule has 0 aromatic heterocycles. The lowest BCUT2D eigenvalue weighted by atomic mass is 10.1. The van der Waals surface area contributed by atoms with Crippen LogP contribution in [0.25, 0.3) is 0 Å². The minimum atomic E-state index is -3.56. The molecule has 2 aromatic carbocycles. The van der Waals surface area contributed by atoms with Crippen molar-refractivity contribution in [2.75, 3.05) is 44.6 Å². The van der Waals surface area contributed by atoms with E-state index < -0.39 is 15.9 Å². The zero-order valence-corrected chi connectivity index (χ0v) is 18.8. The van der Waals surface area contributed by atoms with Gasteiger partial charge in [0.15, 0.2) is 6.61 Å². The molecule has 1 heterocycles. The van der Waals surface area contributed by atoms with Crippen molar-refractivity contribution in [3.8, 4) is 5.75 Å². The van der Waals surface area contributed by atoms with Crippen molar-refractivity contribution in [3.05, 3.63) is 54.1 Å². The third-order valence-corrected chi connectivity index (χ3v) is 7.14. The Morgan fingerprint density at radius 2 is 1.62 bits per heavy atom. The standard InChI is InChI=1S/C22H28N4O5S/c1-2-25-11-13-26(14-12-25)32(29,30)20-9-5-18(6-10-20)24-22(28)16-31-19-7-3-17(4-8-19)15-21(23)27/h3-10H,2,11-16H2,1H3,(H2,23,27)(H,24,28). The van der Waals surface area contributed by atoms with E-state index in [1.807, 2.05) is 0 Å².